The number of aliphatic imine (C=N–C) groups is 1. The fourth-order valence-corrected chi connectivity index (χ4v) is 6.28. The van der Waals surface area contributed by atoms with E-state index >= 15 is 8.78 Å². The van der Waals surface area contributed by atoms with Crippen LogP contribution in [0.2, 0.25) is 0 Å². The Morgan fingerprint density at radius 2 is 1.74 bits per heavy atom. The van der Waals surface area contributed by atoms with E-state index in [1.165, 1.54) is 12.1 Å². The van der Waals surface area contributed by atoms with Gasteiger partial charge < -0.3 is 15.5 Å². The maximum atomic E-state index is 15.1. The minimum atomic E-state index is -3.07. The molecule has 39 heavy (non-hydrogen) atoms. The average Bonchev–Trinajstić information content (AvgIpc) is 3.36. The van der Waals surface area contributed by atoms with Gasteiger partial charge in [-0.05, 0) is 29.8 Å². The predicted octanol–water partition coefficient (Wildman–Crippen LogP) is 2.38. The molecule has 2 N–H and O–H groups in total. The molecule has 10 nitrogen and oxygen atoms in total. The first-order valence-electron chi connectivity index (χ1n) is 12.9. The van der Waals surface area contributed by atoms with Gasteiger partial charge in [0.15, 0.2) is 9.84 Å². The summed E-state index contributed by atoms with van der Waals surface area (Å²) in [5.41, 5.74) is 2.12. The van der Waals surface area contributed by atoms with Crippen LogP contribution in [-0.2, 0) is 16.4 Å². The van der Waals surface area contributed by atoms with E-state index in [1.807, 2.05) is 12.1 Å². The van der Waals surface area contributed by atoms with Crippen molar-refractivity contribution in [2.75, 3.05) is 61.0 Å². The molecule has 5 heterocycles. The van der Waals surface area contributed by atoms with Crippen LogP contribution in [0.4, 0.5) is 31.9 Å². The van der Waals surface area contributed by atoms with E-state index in [2.05, 4.69) is 35.5 Å². The monoisotopic (exact) mass is 554 g/mol. The molecule has 0 saturated carbocycles. The molecule has 0 spiro atoms. The number of nitrogens with zero attached hydrogens (tertiary/aromatic N) is 6. The number of fused-ring (bicyclic) bond motifs is 1. The summed E-state index contributed by atoms with van der Waals surface area (Å²) in [5, 5.41) is 6.47. The quantitative estimate of drug-likeness (QED) is 0.474. The number of halogens is 2. The first-order valence-corrected chi connectivity index (χ1v) is 14.7. The van der Waals surface area contributed by atoms with E-state index in [4.69, 9.17) is 0 Å². The maximum absolute atomic E-state index is 15.1. The number of aromatic nitrogens is 3. The molecule has 0 aliphatic carbocycles. The predicted molar refractivity (Wildman–Crippen MR) is 145 cm³/mol. The maximum Gasteiger partial charge on any atom is 0.227 e. The van der Waals surface area contributed by atoms with Crippen molar-refractivity contribution >= 4 is 39.2 Å². The molecule has 1 unspecified atom stereocenters. The summed E-state index contributed by atoms with van der Waals surface area (Å²) in [6, 6.07) is 6.47. The Bertz CT molecular complexity index is 1470. The van der Waals surface area contributed by atoms with Gasteiger partial charge in [0.2, 0.25) is 5.95 Å². The molecule has 0 bridgehead atoms. The molecule has 1 atom stereocenters. The van der Waals surface area contributed by atoms with Crippen LogP contribution in [0.3, 0.4) is 0 Å². The van der Waals surface area contributed by atoms with Gasteiger partial charge in [-0.2, -0.15) is 0 Å². The number of hydrogen-bond acceptors (Lipinski definition) is 10. The lowest BCUT2D eigenvalue weighted by atomic mass is 9.95. The second kappa shape index (κ2) is 10.5. The van der Waals surface area contributed by atoms with Crippen LogP contribution in [0.25, 0.3) is 0 Å². The zero-order valence-electron chi connectivity index (χ0n) is 21.1. The topological polar surface area (TPSA) is 116 Å². The highest BCUT2D eigenvalue weighted by Gasteiger charge is 2.28. The molecule has 0 amide bonds. The van der Waals surface area contributed by atoms with E-state index < -0.39 is 27.4 Å². The van der Waals surface area contributed by atoms with E-state index in [9.17, 15) is 8.42 Å². The highest BCUT2D eigenvalue weighted by atomic mass is 32.2. The zero-order chi connectivity index (χ0) is 27.0. The van der Waals surface area contributed by atoms with Crippen molar-refractivity contribution in [1.29, 1.82) is 0 Å². The molecule has 2 aromatic heterocycles. The Labute approximate surface area is 225 Å². The molecule has 3 aliphatic heterocycles. The first kappa shape index (κ1) is 25.7. The summed E-state index contributed by atoms with van der Waals surface area (Å²) < 4.78 is 53.5. The SMILES string of the molecule is O=S1(=O)CCN(Cc2c(F)cc(C3C=Nc4cnc(Nc5ccc(N6CCNCC6)nc5)nc43)cc2F)CC1. The van der Waals surface area contributed by atoms with Crippen molar-refractivity contribution in [3.05, 3.63) is 65.1 Å². The lowest BCUT2D eigenvalue weighted by Gasteiger charge is -2.28. The zero-order valence-corrected chi connectivity index (χ0v) is 22.0. The van der Waals surface area contributed by atoms with Gasteiger partial charge in [-0.1, -0.05) is 0 Å². The van der Waals surface area contributed by atoms with Crippen molar-refractivity contribution < 1.29 is 17.2 Å². The second-order valence-corrected chi connectivity index (χ2v) is 12.2. The Morgan fingerprint density at radius 1 is 1.00 bits per heavy atom. The fraction of sp³-hybridized carbons (Fsp3) is 0.385. The molecule has 204 valence electrons. The number of hydrogen-bond donors (Lipinski definition) is 2. The lowest BCUT2D eigenvalue weighted by Crippen LogP contribution is -2.43. The summed E-state index contributed by atoms with van der Waals surface area (Å²) in [6.45, 7) is 4.18. The summed E-state index contributed by atoms with van der Waals surface area (Å²) >= 11 is 0. The number of benzene rings is 1. The van der Waals surface area contributed by atoms with E-state index in [1.54, 1.807) is 23.5 Å². The van der Waals surface area contributed by atoms with Gasteiger partial charge in [0.1, 0.15) is 23.1 Å². The van der Waals surface area contributed by atoms with Crippen LogP contribution in [0.15, 0.2) is 41.7 Å². The molecular formula is C26H28F2N8O2S. The Hall–Kier alpha value is -3.55. The lowest BCUT2D eigenvalue weighted by molar-refractivity contribution is 0.278. The third-order valence-electron chi connectivity index (χ3n) is 7.24. The number of anilines is 3. The molecule has 2 fully saturated rings. The van der Waals surface area contributed by atoms with Crippen LogP contribution in [0.1, 0.15) is 22.7 Å². The molecule has 1 aromatic carbocycles. The van der Waals surface area contributed by atoms with Gasteiger partial charge in [-0.15, -0.1) is 0 Å². The normalized spacial score (nSPS) is 20.7. The molecular weight excluding hydrogens is 526 g/mol. The summed E-state index contributed by atoms with van der Waals surface area (Å²) in [4.78, 5) is 21.8. The number of nitrogens with one attached hydrogen (secondary N) is 2. The van der Waals surface area contributed by atoms with E-state index in [0.29, 0.717) is 22.9 Å². The van der Waals surface area contributed by atoms with Crippen molar-refractivity contribution in [2.45, 2.75) is 12.5 Å². The summed E-state index contributed by atoms with van der Waals surface area (Å²) in [6.07, 6.45) is 4.91. The molecule has 13 heteroatoms. The van der Waals surface area contributed by atoms with Crippen LogP contribution in [-0.4, -0.2) is 85.3 Å². The van der Waals surface area contributed by atoms with Crippen molar-refractivity contribution in [3.8, 4) is 0 Å². The standard InChI is InChI=1S/C26H28F2N8O2S/c27-21-11-17(12-22(28)20(21)16-35-7-9-39(37,38)10-8-35)19-14-30-23-15-32-26(34-25(19)23)33-18-1-2-24(31-13-18)36-5-3-29-4-6-36/h1-2,11-15,19,29H,3-10,16H2,(H,32,33,34). The molecule has 3 aromatic rings. The number of piperazine rings is 1. The second-order valence-electron chi connectivity index (χ2n) is 9.88. The Balaban J connectivity index is 1.17. The summed E-state index contributed by atoms with van der Waals surface area (Å²) in [7, 11) is -3.07. The smallest absolute Gasteiger partial charge is 0.227 e. The Kier molecular flexibility index (Phi) is 6.95. The average molecular weight is 555 g/mol. The molecule has 0 radical (unpaired) electrons. The van der Waals surface area contributed by atoms with Crippen LogP contribution in [0.5, 0.6) is 0 Å². The van der Waals surface area contributed by atoms with E-state index in [-0.39, 0.29) is 36.7 Å². The van der Waals surface area contributed by atoms with Crippen LogP contribution in [0, 0.1) is 11.6 Å². The summed E-state index contributed by atoms with van der Waals surface area (Å²) in [5.74, 6) is -0.657. The molecule has 6 rings (SSSR count). The number of pyridine rings is 1. The van der Waals surface area contributed by atoms with Crippen molar-refractivity contribution in [1.82, 2.24) is 25.2 Å². The van der Waals surface area contributed by atoms with Gasteiger partial charge in [0.25, 0.3) is 0 Å². The van der Waals surface area contributed by atoms with Crippen molar-refractivity contribution in [3.63, 3.8) is 0 Å². The van der Waals surface area contributed by atoms with Gasteiger partial charge >= 0.3 is 0 Å². The minimum Gasteiger partial charge on any atom is -0.354 e. The highest BCUT2D eigenvalue weighted by Crippen LogP contribution is 2.36. The molecule has 2 saturated heterocycles. The van der Waals surface area contributed by atoms with Gasteiger partial charge in [0.05, 0.1) is 41.2 Å². The fourth-order valence-electron chi connectivity index (χ4n) is 5.00. The number of rotatable bonds is 6. The van der Waals surface area contributed by atoms with Gasteiger partial charge in [0, 0.05) is 57.6 Å². The molecule has 3 aliphatic rings. The Morgan fingerprint density at radius 3 is 2.44 bits per heavy atom. The third kappa shape index (κ3) is 5.60. The van der Waals surface area contributed by atoms with E-state index in [0.717, 1.165) is 37.7 Å². The van der Waals surface area contributed by atoms with Crippen molar-refractivity contribution in [2.24, 2.45) is 4.99 Å². The minimum absolute atomic E-state index is 0.00389. The third-order valence-corrected chi connectivity index (χ3v) is 8.85. The van der Waals surface area contributed by atoms with Crippen LogP contribution < -0.4 is 15.5 Å². The largest absolute Gasteiger partial charge is 0.354 e. The highest BCUT2D eigenvalue weighted by molar-refractivity contribution is 7.91. The van der Waals surface area contributed by atoms with Gasteiger partial charge in [-0.3, -0.25) is 9.89 Å². The first-order chi connectivity index (χ1) is 18.8. The van der Waals surface area contributed by atoms with Gasteiger partial charge in [-0.25, -0.2) is 32.2 Å². The number of sulfone groups is 1. The van der Waals surface area contributed by atoms with Crippen LogP contribution >= 0.6 is 0 Å².